The van der Waals surface area contributed by atoms with Crippen LogP contribution in [-0.2, 0) is 9.59 Å². The summed E-state index contributed by atoms with van der Waals surface area (Å²) in [6, 6.07) is 0. The number of carbonyl (C=O) groups is 2. The molecule has 0 N–H and O–H groups in total. The highest BCUT2D eigenvalue weighted by molar-refractivity contribution is 5.91. The molecule has 2 heteroatoms. The number of allylic oxidation sites excluding steroid dienone is 1. The van der Waals surface area contributed by atoms with Crippen molar-refractivity contribution in [3.05, 3.63) is 12.7 Å². The topological polar surface area (TPSA) is 34.1 Å². The third-order valence-corrected chi connectivity index (χ3v) is 1.73. The van der Waals surface area contributed by atoms with Gasteiger partial charge in [-0.05, 0) is 18.9 Å². The maximum Gasteiger partial charge on any atom is 0.158 e. The zero-order chi connectivity index (χ0) is 8.69. The molecule has 11 heavy (non-hydrogen) atoms. The molecule has 0 saturated carbocycles. The van der Waals surface area contributed by atoms with Gasteiger partial charge in [0.2, 0.25) is 0 Å². The second-order valence-corrected chi connectivity index (χ2v) is 2.46. The molecule has 0 aliphatic carbocycles. The van der Waals surface area contributed by atoms with Crippen LogP contribution in [0.4, 0.5) is 0 Å². The summed E-state index contributed by atoms with van der Waals surface area (Å²) in [4.78, 5) is 21.0. The lowest BCUT2D eigenvalue weighted by Crippen LogP contribution is -2.10. The highest BCUT2D eigenvalue weighted by atomic mass is 16.1. The van der Waals surface area contributed by atoms with E-state index in [-0.39, 0.29) is 11.7 Å². The van der Waals surface area contributed by atoms with Gasteiger partial charge in [0, 0.05) is 12.3 Å². The fourth-order valence-electron chi connectivity index (χ4n) is 0.983. The van der Waals surface area contributed by atoms with E-state index in [1.54, 1.807) is 0 Å². The van der Waals surface area contributed by atoms with E-state index < -0.39 is 0 Å². The molecule has 0 saturated heterocycles. The van der Waals surface area contributed by atoms with Crippen molar-refractivity contribution in [1.82, 2.24) is 0 Å². The van der Waals surface area contributed by atoms with Crippen molar-refractivity contribution >= 4 is 12.1 Å². The number of hydrogen-bond donors (Lipinski definition) is 0. The summed E-state index contributed by atoms with van der Waals surface area (Å²) in [6.07, 6.45) is 4.10. The summed E-state index contributed by atoms with van der Waals surface area (Å²) in [5.41, 5.74) is 0. The van der Waals surface area contributed by atoms with Gasteiger partial charge in [-0.2, -0.15) is 0 Å². The van der Waals surface area contributed by atoms with Crippen molar-refractivity contribution in [1.29, 1.82) is 0 Å². The fourth-order valence-corrected chi connectivity index (χ4v) is 0.983. The van der Waals surface area contributed by atoms with Gasteiger partial charge >= 0.3 is 0 Å². The first kappa shape index (κ1) is 10.1. The molecule has 0 aromatic heterocycles. The molecule has 0 bridgehead atoms. The van der Waals surface area contributed by atoms with Gasteiger partial charge in [-0.1, -0.05) is 13.5 Å². The SMILES string of the molecule is C=CC(=O)C(CC)CCC=O. The van der Waals surface area contributed by atoms with Crippen molar-refractivity contribution in [3.8, 4) is 0 Å². The lowest BCUT2D eigenvalue weighted by Gasteiger charge is -2.07. The Balaban J connectivity index is 3.83. The van der Waals surface area contributed by atoms with Crippen molar-refractivity contribution < 1.29 is 9.59 Å². The Morgan fingerprint density at radius 3 is 2.64 bits per heavy atom. The van der Waals surface area contributed by atoms with Crippen LogP contribution in [0.25, 0.3) is 0 Å². The number of aldehydes is 1. The van der Waals surface area contributed by atoms with E-state index in [4.69, 9.17) is 0 Å². The maximum atomic E-state index is 11.0. The second kappa shape index (κ2) is 5.83. The summed E-state index contributed by atoms with van der Waals surface area (Å²) in [7, 11) is 0. The van der Waals surface area contributed by atoms with Crippen molar-refractivity contribution in [2.45, 2.75) is 26.2 Å². The molecule has 0 aromatic carbocycles. The van der Waals surface area contributed by atoms with E-state index in [0.29, 0.717) is 12.8 Å². The number of ketones is 1. The molecule has 0 aromatic rings. The Bertz CT molecular complexity index is 150. The molecular formula is C9H14O2. The summed E-state index contributed by atoms with van der Waals surface area (Å²) in [5, 5.41) is 0. The van der Waals surface area contributed by atoms with Crippen LogP contribution >= 0.6 is 0 Å². The average Bonchev–Trinajstić information content (AvgIpc) is 2.05. The van der Waals surface area contributed by atoms with Gasteiger partial charge in [0.05, 0.1) is 0 Å². The molecule has 0 aliphatic heterocycles. The summed E-state index contributed by atoms with van der Waals surface area (Å²) >= 11 is 0. The minimum atomic E-state index is -0.00213. The number of hydrogen-bond acceptors (Lipinski definition) is 2. The van der Waals surface area contributed by atoms with Crippen LogP contribution in [0.3, 0.4) is 0 Å². The molecule has 0 radical (unpaired) electrons. The normalized spacial score (nSPS) is 12.1. The van der Waals surface area contributed by atoms with Crippen LogP contribution in [0.1, 0.15) is 26.2 Å². The Hall–Kier alpha value is -0.920. The smallest absolute Gasteiger partial charge is 0.158 e. The van der Waals surface area contributed by atoms with E-state index in [1.807, 2.05) is 6.92 Å². The monoisotopic (exact) mass is 154 g/mol. The third-order valence-electron chi connectivity index (χ3n) is 1.73. The minimum Gasteiger partial charge on any atom is -0.303 e. The number of rotatable bonds is 6. The highest BCUT2D eigenvalue weighted by Gasteiger charge is 2.11. The van der Waals surface area contributed by atoms with Crippen LogP contribution in [0, 0.1) is 5.92 Å². The second-order valence-electron chi connectivity index (χ2n) is 2.46. The van der Waals surface area contributed by atoms with Gasteiger partial charge in [-0.15, -0.1) is 0 Å². The van der Waals surface area contributed by atoms with E-state index in [9.17, 15) is 9.59 Å². The van der Waals surface area contributed by atoms with E-state index in [0.717, 1.165) is 12.7 Å². The Kier molecular flexibility index (Phi) is 5.35. The third kappa shape index (κ3) is 3.71. The van der Waals surface area contributed by atoms with Crippen LogP contribution < -0.4 is 0 Å². The highest BCUT2D eigenvalue weighted by Crippen LogP contribution is 2.11. The van der Waals surface area contributed by atoms with Gasteiger partial charge in [0.1, 0.15) is 6.29 Å². The molecule has 0 heterocycles. The molecule has 0 spiro atoms. The minimum absolute atomic E-state index is 0.00213. The van der Waals surface area contributed by atoms with Crippen molar-refractivity contribution in [2.75, 3.05) is 0 Å². The lowest BCUT2D eigenvalue weighted by molar-refractivity contribution is -0.118. The average molecular weight is 154 g/mol. The molecule has 1 atom stereocenters. The van der Waals surface area contributed by atoms with Crippen molar-refractivity contribution in [2.24, 2.45) is 5.92 Å². The Morgan fingerprint density at radius 2 is 2.27 bits per heavy atom. The van der Waals surface area contributed by atoms with Gasteiger partial charge in [0.25, 0.3) is 0 Å². The first-order chi connectivity index (χ1) is 5.26. The predicted octanol–water partition coefficient (Wildman–Crippen LogP) is 1.75. The van der Waals surface area contributed by atoms with Crippen LogP contribution in [0.5, 0.6) is 0 Å². The quantitative estimate of drug-likeness (QED) is 0.431. The Morgan fingerprint density at radius 1 is 1.64 bits per heavy atom. The van der Waals surface area contributed by atoms with Crippen molar-refractivity contribution in [3.63, 3.8) is 0 Å². The summed E-state index contributed by atoms with van der Waals surface area (Å²) in [5.74, 6) is 0.0482. The molecule has 0 fully saturated rings. The first-order valence-electron chi connectivity index (χ1n) is 3.86. The van der Waals surface area contributed by atoms with Crippen LogP contribution in [-0.4, -0.2) is 12.1 Å². The summed E-state index contributed by atoms with van der Waals surface area (Å²) < 4.78 is 0. The Labute approximate surface area is 67.3 Å². The molecule has 0 amide bonds. The number of carbonyl (C=O) groups excluding carboxylic acids is 2. The van der Waals surface area contributed by atoms with Crippen LogP contribution in [0.15, 0.2) is 12.7 Å². The molecule has 2 nitrogen and oxygen atoms in total. The van der Waals surface area contributed by atoms with Gasteiger partial charge in [-0.3, -0.25) is 4.79 Å². The van der Waals surface area contributed by atoms with Gasteiger partial charge in [-0.25, -0.2) is 0 Å². The van der Waals surface area contributed by atoms with Gasteiger partial charge < -0.3 is 4.79 Å². The predicted molar refractivity (Wildman–Crippen MR) is 44.3 cm³/mol. The zero-order valence-electron chi connectivity index (χ0n) is 6.88. The van der Waals surface area contributed by atoms with E-state index in [2.05, 4.69) is 6.58 Å². The lowest BCUT2D eigenvalue weighted by atomic mass is 9.96. The van der Waals surface area contributed by atoms with Crippen LogP contribution in [0.2, 0.25) is 0 Å². The standard InChI is InChI=1S/C9H14O2/c1-3-8(6-5-7-10)9(11)4-2/h4,7-8H,2-3,5-6H2,1H3. The molecular weight excluding hydrogens is 140 g/mol. The molecule has 1 unspecified atom stereocenters. The summed E-state index contributed by atoms with van der Waals surface area (Å²) in [6.45, 7) is 5.34. The fraction of sp³-hybridized carbons (Fsp3) is 0.556. The maximum absolute atomic E-state index is 11.0. The molecule has 0 aliphatic rings. The largest absolute Gasteiger partial charge is 0.303 e. The van der Waals surface area contributed by atoms with E-state index in [1.165, 1.54) is 6.08 Å². The van der Waals surface area contributed by atoms with E-state index >= 15 is 0 Å². The molecule has 0 rings (SSSR count). The van der Waals surface area contributed by atoms with Gasteiger partial charge in [0.15, 0.2) is 5.78 Å². The zero-order valence-corrected chi connectivity index (χ0v) is 6.88. The molecule has 62 valence electrons. The first-order valence-corrected chi connectivity index (χ1v) is 3.86.